The first-order valence-corrected chi connectivity index (χ1v) is 16.6. The summed E-state index contributed by atoms with van der Waals surface area (Å²) in [5.74, 6) is -0.870. The van der Waals surface area contributed by atoms with Crippen molar-refractivity contribution in [3.63, 3.8) is 0 Å². The smallest absolute Gasteiger partial charge is 0.406 e. The highest BCUT2D eigenvalue weighted by Gasteiger charge is 2.40. The number of halogens is 1. The van der Waals surface area contributed by atoms with Crippen molar-refractivity contribution in [2.45, 2.75) is 79.4 Å². The van der Waals surface area contributed by atoms with Crippen molar-refractivity contribution in [2.75, 3.05) is 38.0 Å². The molecule has 2 aromatic heterocycles. The number of hydrogen-bond donors (Lipinski definition) is 2. The zero-order valence-corrected chi connectivity index (χ0v) is 27.3. The highest BCUT2D eigenvalue weighted by atomic mass is 32.2. The summed E-state index contributed by atoms with van der Waals surface area (Å²) in [5.41, 5.74) is 6.04. The van der Waals surface area contributed by atoms with Gasteiger partial charge in [0.1, 0.15) is 12.3 Å². The molecule has 0 radical (unpaired) electrons. The number of alkyl halides is 1. The molecule has 1 aliphatic heterocycles. The summed E-state index contributed by atoms with van der Waals surface area (Å²) in [6, 6.07) is -1.05. The number of fused-ring (bicyclic) bond motifs is 1. The van der Waals surface area contributed by atoms with Gasteiger partial charge in [-0.3, -0.25) is 27.6 Å². The van der Waals surface area contributed by atoms with Gasteiger partial charge < -0.3 is 19.9 Å². The van der Waals surface area contributed by atoms with Crippen LogP contribution in [0.5, 0.6) is 5.88 Å². The van der Waals surface area contributed by atoms with Crippen molar-refractivity contribution in [3.05, 3.63) is 6.33 Å². The lowest BCUT2D eigenvalue weighted by molar-refractivity contribution is -0.149. The number of imidazole rings is 1. The molecule has 3 N–H and O–H groups in total. The third-order valence-electron chi connectivity index (χ3n) is 6.21. The Morgan fingerprint density at radius 3 is 2.63 bits per heavy atom. The Balaban J connectivity index is 1.73. The van der Waals surface area contributed by atoms with Gasteiger partial charge in [0.15, 0.2) is 16.3 Å². The van der Waals surface area contributed by atoms with E-state index in [1.54, 1.807) is 46.1 Å². The molecule has 1 aliphatic rings. The molecule has 17 heteroatoms. The number of anilines is 1. The number of thioether (sulfide) groups is 1. The third kappa shape index (κ3) is 9.56. The molecule has 1 saturated heterocycles. The summed E-state index contributed by atoms with van der Waals surface area (Å²) in [7, 11) is -4.15. The Labute approximate surface area is 254 Å². The fourth-order valence-electron chi connectivity index (χ4n) is 4.07. The summed E-state index contributed by atoms with van der Waals surface area (Å²) in [6.07, 6.45) is -0.178. The number of hydrogen-bond acceptors (Lipinski definition) is 13. The Bertz CT molecular complexity index is 1310. The van der Waals surface area contributed by atoms with E-state index < -0.39 is 56.2 Å². The minimum absolute atomic E-state index is 0.0192. The van der Waals surface area contributed by atoms with E-state index >= 15 is 0 Å². The van der Waals surface area contributed by atoms with Crippen LogP contribution in [0, 0.1) is 11.3 Å². The standard InChI is InChI=1S/C26H42FN6O8PS/c1-8-37-22-20-21(30-25(28)31-22)33(14-29-20)19-11-17(12-27)18(41-19)13-39-42(36,32-16(4)23(34)40-15(2)3)38-9-10-43-24(35)26(5,6)7/h14-19H,8-13H2,1-7H3,(H,32,36)(H2,28,30,31). The van der Waals surface area contributed by atoms with Crippen molar-refractivity contribution in [1.82, 2.24) is 24.6 Å². The van der Waals surface area contributed by atoms with Crippen LogP contribution in [0.25, 0.3) is 11.2 Å². The summed E-state index contributed by atoms with van der Waals surface area (Å²) in [4.78, 5) is 37.3. The van der Waals surface area contributed by atoms with Crippen molar-refractivity contribution in [1.29, 1.82) is 0 Å². The van der Waals surface area contributed by atoms with Gasteiger partial charge in [-0.25, -0.2) is 14.6 Å². The molecule has 0 spiro atoms. The van der Waals surface area contributed by atoms with Crippen LogP contribution in [0.1, 0.15) is 61.1 Å². The number of nitrogens with two attached hydrogens (primary N) is 1. The molecular weight excluding hydrogens is 606 g/mol. The Morgan fingerprint density at radius 1 is 1.28 bits per heavy atom. The van der Waals surface area contributed by atoms with Gasteiger partial charge in [-0.1, -0.05) is 32.5 Å². The highest BCUT2D eigenvalue weighted by molar-refractivity contribution is 8.13. The van der Waals surface area contributed by atoms with Crippen LogP contribution in [-0.4, -0.2) is 81.1 Å². The minimum atomic E-state index is -4.15. The first kappa shape index (κ1) is 35.1. The molecule has 2 aromatic rings. The molecule has 0 amide bonds. The van der Waals surface area contributed by atoms with Crippen molar-refractivity contribution >= 4 is 47.7 Å². The average molecular weight is 649 g/mol. The van der Waals surface area contributed by atoms with E-state index in [1.807, 2.05) is 0 Å². The Morgan fingerprint density at radius 2 is 2.00 bits per heavy atom. The zero-order chi connectivity index (χ0) is 31.9. The molecule has 1 fully saturated rings. The molecule has 0 bridgehead atoms. The molecule has 43 heavy (non-hydrogen) atoms. The summed E-state index contributed by atoms with van der Waals surface area (Å²) in [6.45, 7) is 11.2. The van der Waals surface area contributed by atoms with E-state index in [-0.39, 0.29) is 42.3 Å². The van der Waals surface area contributed by atoms with Gasteiger partial charge >= 0.3 is 13.7 Å². The number of aromatic nitrogens is 4. The molecule has 0 aliphatic carbocycles. The lowest BCUT2D eigenvalue weighted by Crippen LogP contribution is -2.36. The number of carbonyl (C=O) groups is 2. The van der Waals surface area contributed by atoms with E-state index in [0.717, 1.165) is 11.8 Å². The van der Waals surface area contributed by atoms with E-state index in [1.165, 1.54) is 13.3 Å². The number of rotatable bonds is 15. The predicted octanol–water partition coefficient (Wildman–Crippen LogP) is 4.06. The normalized spacial score (nSPS) is 21.2. The molecule has 3 rings (SSSR count). The second-order valence-electron chi connectivity index (χ2n) is 11.3. The molecule has 0 saturated carbocycles. The number of ether oxygens (including phenoxy) is 3. The molecular formula is C26H42FN6O8PS. The zero-order valence-electron chi connectivity index (χ0n) is 25.6. The minimum Gasteiger partial charge on any atom is -0.476 e. The van der Waals surface area contributed by atoms with Gasteiger partial charge in [0.2, 0.25) is 11.8 Å². The predicted molar refractivity (Wildman–Crippen MR) is 159 cm³/mol. The van der Waals surface area contributed by atoms with E-state index in [2.05, 4.69) is 20.0 Å². The third-order valence-corrected chi connectivity index (χ3v) is 9.17. The second-order valence-corrected chi connectivity index (χ2v) is 14.1. The van der Waals surface area contributed by atoms with Crippen LogP contribution >= 0.6 is 19.5 Å². The van der Waals surface area contributed by atoms with Gasteiger partial charge in [0, 0.05) is 23.5 Å². The van der Waals surface area contributed by atoms with E-state index in [4.69, 9.17) is 29.0 Å². The lowest BCUT2D eigenvalue weighted by Gasteiger charge is -2.25. The Hall–Kier alpha value is -2.36. The SMILES string of the molecule is CCOc1nc(N)nc2c1ncn2C1CC(CF)C(COP(=O)(NC(C)C(=O)OC(C)C)OCCSC(=O)C(C)(C)C)O1. The summed E-state index contributed by atoms with van der Waals surface area (Å²) >= 11 is 1.04. The molecule has 0 aromatic carbocycles. The maximum absolute atomic E-state index is 14.1. The fraction of sp³-hybridized carbons (Fsp3) is 0.731. The number of esters is 1. The van der Waals surface area contributed by atoms with E-state index in [0.29, 0.717) is 17.8 Å². The molecule has 5 atom stereocenters. The van der Waals surface area contributed by atoms with Gasteiger partial charge in [-0.2, -0.15) is 9.97 Å². The average Bonchev–Trinajstić information content (AvgIpc) is 3.53. The Kier molecular flexibility index (Phi) is 12.3. The number of carbonyl (C=O) groups excluding carboxylic acids is 2. The largest absolute Gasteiger partial charge is 0.476 e. The second kappa shape index (κ2) is 15.1. The highest BCUT2D eigenvalue weighted by Crippen LogP contribution is 2.46. The summed E-state index contributed by atoms with van der Waals surface area (Å²) < 4.78 is 57.7. The van der Waals surface area contributed by atoms with Crippen LogP contribution in [0.3, 0.4) is 0 Å². The van der Waals surface area contributed by atoms with Crippen molar-refractivity contribution < 1.29 is 41.8 Å². The van der Waals surface area contributed by atoms with Gasteiger partial charge in [-0.15, -0.1) is 0 Å². The van der Waals surface area contributed by atoms with Crippen molar-refractivity contribution in [3.8, 4) is 5.88 Å². The number of nitrogen functional groups attached to an aromatic ring is 1. The van der Waals surface area contributed by atoms with Crippen LogP contribution in [0.2, 0.25) is 0 Å². The molecule has 5 unspecified atom stereocenters. The maximum atomic E-state index is 14.1. The maximum Gasteiger partial charge on any atom is 0.406 e. The topological polar surface area (TPSA) is 179 Å². The monoisotopic (exact) mass is 648 g/mol. The van der Waals surface area contributed by atoms with Crippen LogP contribution < -0.4 is 15.6 Å². The first-order valence-electron chi connectivity index (χ1n) is 14.1. The van der Waals surface area contributed by atoms with Crippen LogP contribution in [-0.2, 0) is 32.7 Å². The fourth-order valence-corrected chi connectivity index (χ4v) is 6.45. The molecule has 3 heterocycles. The lowest BCUT2D eigenvalue weighted by atomic mass is 10.00. The molecule has 14 nitrogen and oxygen atoms in total. The number of nitrogens with one attached hydrogen (secondary N) is 1. The van der Waals surface area contributed by atoms with Gasteiger partial charge in [0.25, 0.3) is 0 Å². The van der Waals surface area contributed by atoms with Gasteiger partial charge in [0.05, 0.1) is 45.0 Å². The van der Waals surface area contributed by atoms with Gasteiger partial charge in [-0.05, 0) is 27.7 Å². The number of nitrogens with zero attached hydrogens (tertiary/aromatic N) is 4. The summed E-state index contributed by atoms with van der Waals surface area (Å²) in [5, 5.41) is 2.54. The van der Waals surface area contributed by atoms with Crippen molar-refractivity contribution in [2.24, 2.45) is 11.3 Å². The quantitative estimate of drug-likeness (QED) is 0.160. The first-order chi connectivity index (χ1) is 20.2. The van der Waals surface area contributed by atoms with E-state index in [9.17, 15) is 18.5 Å². The molecule has 242 valence electrons. The van der Waals surface area contributed by atoms with Crippen LogP contribution in [0.15, 0.2) is 6.33 Å². The van der Waals surface area contributed by atoms with Crippen LogP contribution in [0.4, 0.5) is 10.3 Å².